The van der Waals surface area contributed by atoms with Crippen molar-refractivity contribution in [2.45, 2.75) is 19.4 Å². The number of imidazole rings is 1. The van der Waals surface area contributed by atoms with Gasteiger partial charge in [0.05, 0.1) is 24.6 Å². The first-order chi connectivity index (χ1) is 14.2. The van der Waals surface area contributed by atoms with Crippen LogP contribution in [-0.4, -0.2) is 21.6 Å². The molecule has 7 heteroatoms. The molecule has 0 atom stereocenters. The number of ether oxygens (including phenoxy) is 1. The third kappa shape index (κ3) is 3.31. The molecular weight excluding hydrogens is 393 g/mol. The van der Waals surface area contributed by atoms with Crippen LogP contribution in [-0.2, 0) is 5.60 Å². The summed E-state index contributed by atoms with van der Waals surface area (Å²) in [6, 6.07) is 9.89. The Morgan fingerprint density at radius 2 is 1.73 bits per heavy atom. The topological polar surface area (TPSA) is 46.8 Å². The first kappa shape index (κ1) is 20.0. The van der Waals surface area contributed by atoms with Gasteiger partial charge in [0.1, 0.15) is 17.4 Å². The third-order valence-corrected chi connectivity index (χ3v) is 5.01. The number of hydrogen-bond acceptors (Lipinski definition) is 3. The Balaban J connectivity index is 1.86. The predicted molar refractivity (Wildman–Crippen MR) is 108 cm³/mol. The van der Waals surface area contributed by atoms with Gasteiger partial charge in [0, 0.05) is 34.5 Å². The lowest BCUT2D eigenvalue weighted by Gasteiger charge is -2.18. The standard InChI is InChI=1S/C23H19F3N2O2/c1-23(2,29)17-8-9-28-20(12-27-22(28)21(17)26)13-4-7-18(24)16(10-13)15-6-5-14(30-3)11-19(15)25/h4-12,29H,1-3H3. The summed E-state index contributed by atoms with van der Waals surface area (Å²) in [5.74, 6) is -1.52. The van der Waals surface area contributed by atoms with Crippen LogP contribution in [0.2, 0.25) is 0 Å². The van der Waals surface area contributed by atoms with Crippen molar-refractivity contribution in [3.05, 3.63) is 77.9 Å². The van der Waals surface area contributed by atoms with Gasteiger partial charge >= 0.3 is 0 Å². The molecule has 1 N–H and O–H groups in total. The van der Waals surface area contributed by atoms with Crippen molar-refractivity contribution in [1.29, 1.82) is 0 Å². The second-order valence-corrected chi connectivity index (χ2v) is 7.48. The van der Waals surface area contributed by atoms with E-state index < -0.39 is 23.1 Å². The summed E-state index contributed by atoms with van der Waals surface area (Å²) in [5, 5.41) is 10.1. The lowest BCUT2D eigenvalue weighted by atomic mass is 9.99. The zero-order valence-corrected chi connectivity index (χ0v) is 16.6. The Bertz CT molecular complexity index is 1260. The summed E-state index contributed by atoms with van der Waals surface area (Å²) in [6.07, 6.45) is 3.04. The predicted octanol–water partition coefficient (Wildman–Crippen LogP) is 5.32. The van der Waals surface area contributed by atoms with Gasteiger partial charge in [-0.3, -0.25) is 4.40 Å². The molecule has 2 heterocycles. The molecule has 0 aliphatic heterocycles. The fourth-order valence-corrected chi connectivity index (χ4v) is 3.44. The molecule has 0 bridgehead atoms. The zero-order valence-electron chi connectivity index (χ0n) is 16.6. The van der Waals surface area contributed by atoms with Crippen molar-refractivity contribution in [2.24, 2.45) is 0 Å². The Morgan fingerprint density at radius 3 is 2.40 bits per heavy atom. The number of aromatic nitrogens is 2. The van der Waals surface area contributed by atoms with Crippen molar-refractivity contribution < 1.29 is 23.0 Å². The highest BCUT2D eigenvalue weighted by Gasteiger charge is 2.24. The lowest BCUT2D eigenvalue weighted by Crippen LogP contribution is -2.18. The molecule has 2 aromatic carbocycles. The van der Waals surface area contributed by atoms with E-state index in [1.807, 2.05) is 0 Å². The van der Waals surface area contributed by atoms with Gasteiger partial charge < -0.3 is 9.84 Å². The van der Waals surface area contributed by atoms with Gasteiger partial charge in [0.25, 0.3) is 0 Å². The van der Waals surface area contributed by atoms with Crippen LogP contribution in [0.25, 0.3) is 28.0 Å². The largest absolute Gasteiger partial charge is 0.497 e. The van der Waals surface area contributed by atoms with Gasteiger partial charge in [-0.05, 0) is 50.2 Å². The molecule has 30 heavy (non-hydrogen) atoms. The summed E-state index contributed by atoms with van der Waals surface area (Å²) in [7, 11) is 1.42. The molecule has 0 saturated heterocycles. The third-order valence-electron chi connectivity index (χ3n) is 5.01. The second kappa shape index (κ2) is 7.18. The fourth-order valence-electron chi connectivity index (χ4n) is 3.44. The molecule has 2 aromatic heterocycles. The van der Waals surface area contributed by atoms with Crippen LogP contribution < -0.4 is 4.74 Å². The molecule has 0 saturated carbocycles. The van der Waals surface area contributed by atoms with Crippen LogP contribution in [0.5, 0.6) is 5.75 Å². The minimum atomic E-state index is -1.37. The number of aliphatic hydroxyl groups is 1. The van der Waals surface area contributed by atoms with E-state index >= 15 is 0 Å². The average molecular weight is 412 g/mol. The highest BCUT2D eigenvalue weighted by molar-refractivity contribution is 5.74. The molecule has 0 aliphatic carbocycles. The van der Waals surface area contributed by atoms with E-state index in [9.17, 15) is 18.3 Å². The maximum atomic E-state index is 14.9. The van der Waals surface area contributed by atoms with E-state index in [1.54, 1.807) is 12.3 Å². The van der Waals surface area contributed by atoms with Gasteiger partial charge in [0.2, 0.25) is 0 Å². The van der Waals surface area contributed by atoms with E-state index in [0.717, 1.165) is 0 Å². The van der Waals surface area contributed by atoms with Crippen molar-refractivity contribution in [3.8, 4) is 28.1 Å². The Labute approximate surface area is 171 Å². The number of pyridine rings is 1. The van der Waals surface area contributed by atoms with Crippen LogP contribution in [0, 0.1) is 17.5 Å². The Morgan fingerprint density at radius 1 is 0.967 bits per heavy atom. The quantitative estimate of drug-likeness (QED) is 0.493. The Hall–Kier alpha value is -3.32. The van der Waals surface area contributed by atoms with Gasteiger partial charge in [-0.2, -0.15) is 0 Å². The summed E-state index contributed by atoms with van der Waals surface area (Å²) in [5.41, 5.74) is -0.0349. The van der Waals surface area contributed by atoms with Crippen molar-refractivity contribution in [1.82, 2.24) is 9.38 Å². The van der Waals surface area contributed by atoms with Gasteiger partial charge in [-0.25, -0.2) is 18.2 Å². The molecule has 4 rings (SSSR count). The van der Waals surface area contributed by atoms with E-state index in [2.05, 4.69) is 4.98 Å². The zero-order chi connectivity index (χ0) is 21.6. The van der Waals surface area contributed by atoms with E-state index in [-0.39, 0.29) is 22.3 Å². The molecule has 4 aromatic rings. The average Bonchev–Trinajstić information content (AvgIpc) is 3.13. The molecule has 4 nitrogen and oxygen atoms in total. The number of benzene rings is 2. The molecule has 0 unspecified atom stereocenters. The molecule has 0 aliphatic rings. The first-order valence-corrected chi connectivity index (χ1v) is 9.23. The molecule has 0 spiro atoms. The lowest BCUT2D eigenvalue weighted by molar-refractivity contribution is 0.0746. The van der Waals surface area contributed by atoms with E-state index in [1.165, 1.54) is 68.0 Å². The number of halogens is 3. The van der Waals surface area contributed by atoms with Crippen LogP contribution in [0.3, 0.4) is 0 Å². The monoisotopic (exact) mass is 412 g/mol. The SMILES string of the molecule is COc1ccc(-c2cc(-c3cnc4c(F)c(C(C)(C)O)ccn34)ccc2F)c(F)c1. The fraction of sp³-hybridized carbons (Fsp3) is 0.174. The summed E-state index contributed by atoms with van der Waals surface area (Å²) in [4.78, 5) is 4.13. The number of hydrogen-bond donors (Lipinski definition) is 1. The maximum Gasteiger partial charge on any atom is 0.174 e. The summed E-state index contributed by atoms with van der Waals surface area (Å²) < 4.78 is 50.4. The maximum absolute atomic E-state index is 14.9. The number of methoxy groups -OCH3 is 1. The van der Waals surface area contributed by atoms with E-state index in [4.69, 9.17) is 4.74 Å². The highest BCUT2D eigenvalue weighted by Crippen LogP contribution is 2.33. The molecular formula is C23H19F3N2O2. The molecule has 0 radical (unpaired) electrons. The first-order valence-electron chi connectivity index (χ1n) is 9.23. The van der Waals surface area contributed by atoms with Gasteiger partial charge in [-0.15, -0.1) is 0 Å². The van der Waals surface area contributed by atoms with Gasteiger partial charge in [0.15, 0.2) is 11.5 Å². The van der Waals surface area contributed by atoms with Crippen LogP contribution in [0.4, 0.5) is 13.2 Å². The summed E-state index contributed by atoms with van der Waals surface area (Å²) >= 11 is 0. The molecule has 154 valence electrons. The van der Waals surface area contributed by atoms with Gasteiger partial charge in [-0.1, -0.05) is 0 Å². The van der Waals surface area contributed by atoms with Crippen LogP contribution in [0.1, 0.15) is 19.4 Å². The minimum absolute atomic E-state index is 0.0335. The smallest absolute Gasteiger partial charge is 0.174 e. The highest BCUT2D eigenvalue weighted by atomic mass is 19.1. The second-order valence-electron chi connectivity index (χ2n) is 7.48. The number of fused-ring (bicyclic) bond motifs is 1. The number of rotatable bonds is 4. The molecule has 0 amide bonds. The minimum Gasteiger partial charge on any atom is -0.497 e. The van der Waals surface area contributed by atoms with Crippen molar-refractivity contribution >= 4 is 5.65 Å². The van der Waals surface area contributed by atoms with Crippen LogP contribution >= 0.6 is 0 Å². The molecule has 0 fully saturated rings. The normalized spacial score (nSPS) is 11.8. The number of nitrogens with zero attached hydrogens (tertiary/aromatic N) is 2. The van der Waals surface area contributed by atoms with Crippen molar-refractivity contribution in [3.63, 3.8) is 0 Å². The summed E-state index contributed by atoms with van der Waals surface area (Å²) in [6.45, 7) is 2.98. The van der Waals surface area contributed by atoms with Crippen molar-refractivity contribution in [2.75, 3.05) is 7.11 Å². The van der Waals surface area contributed by atoms with E-state index in [0.29, 0.717) is 17.0 Å². The Kier molecular flexibility index (Phi) is 4.78. The van der Waals surface area contributed by atoms with Crippen LogP contribution in [0.15, 0.2) is 54.9 Å².